The van der Waals surface area contributed by atoms with E-state index in [4.69, 9.17) is 10.7 Å². The van der Waals surface area contributed by atoms with Crippen molar-refractivity contribution in [2.45, 2.75) is 94.8 Å². The molecule has 0 bridgehead atoms. The Kier molecular flexibility index (Phi) is 4.59. The molecule has 0 spiro atoms. The summed E-state index contributed by atoms with van der Waals surface area (Å²) in [5.74, 6) is 0. The maximum absolute atomic E-state index is 12.7. The molecule has 0 amide bonds. The molecule has 0 N–H and O–H groups in total. The van der Waals surface area contributed by atoms with Crippen molar-refractivity contribution < 1.29 is 8.42 Å². The van der Waals surface area contributed by atoms with Gasteiger partial charge in [0, 0.05) is 10.7 Å². The van der Waals surface area contributed by atoms with Gasteiger partial charge in [-0.3, -0.25) is 0 Å². The molecule has 0 unspecified atom stereocenters. The predicted molar refractivity (Wildman–Crippen MR) is 106 cm³/mol. The summed E-state index contributed by atoms with van der Waals surface area (Å²) in [7, 11) is 2.26. The minimum atomic E-state index is -3.77. The zero-order valence-corrected chi connectivity index (χ0v) is 19.7. The van der Waals surface area contributed by atoms with Crippen LogP contribution in [-0.2, 0) is 9.05 Å². The van der Waals surface area contributed by atoms with Gasteiger partial charge in [-0.15, -0.1) is 0 Å². The van der Waals surface area contributed by atoms with E-state index in [1.54, 1.807) is 0 Å². The molecule has 1 aliphatic carbocycles. The molecule has 0 saturated heterocycles. The molecule has 1 saturated carbocycles. The highest BCUT2D eigenvalue weighted by Crippen LogP contribution is 2.80. The van der Waals surface area contributed by atoms with Crippen molar-refractivity contribution in [2.24, 2.45) is 32.5 Å². The van der Waals surface area contributed by atoms with Gasteiger partial charge in [0.05, 0.1) is 4.75 Å². The van der Waals surface area contributed by atoms with Crippen LogP contribution < -0.4 is 0 Å². The summed E-state index contributed by atoms with van der Waals surface area (Å²) in [5.41, 5.74) is -1.30. The van der Waals surface area contributed by atoms with Crippen LogP contribution in [0.3, 0.4) is 0 Å². The zero-order valence-electron chi connectivity index (χ0n) is 18.1. The molecule has 4 heteroatoms. The van der Waals surface area contributed by atoms with E-state index in [2.05, 4.69) is 76.2 Å². The van der Waals surface area contributed by atoms with Crippen LogP contribution in [0.5, 0.6) is 0 Å². The first-order chi connectivity index (χ1) is 10.0. The van der Waals surface area contributed by atoms with Gasteiger partial charge in [0.25, 0.3) is 0 Å². The predicted octanol–water partition coefficient (Wildman–Crippen LogP) is 6.48. The maximum Gasteiger partial charge on any atom is 0.238 e. The van der Waals surface area contributed by atoms with Crippen LogP contribution in [-0.4, -0.2) is 13.2 Å². The van der Waals surface area contributed by atoms with E-state index >= 15 is 0 Å². The van der Waals surface area contributed by atoms with Crippen LogP contribution in [0.2, 0.25) is 0 Å². The minimum Gasteiger partial charge on any atom is -0.212 e. The Hall–Kier alpha value is 0.240. The van der Waals surface area contributed by atoms with Crippen molar-refractivity contribution in [3.63, 3.8) is 0 Å². The monoisotopic (exact) mass is 378 g/mol. The first-order valence-electron chi connectivity index (χ1n) is 8.94. The van der Waals surface area contributed by atoms with Crippen LogP contribution in [0, 0.1) is 32.5 Å². The quantitative estimate of drug-likeness (QED) is 0.515. The summed E-state index contributed by atoms with van der Waals surface area (Å²) in [6.07, 6.45) is 0. The van der Waals surface area contributed by atoms with E-state index in [1.807, 2.05) is 13.8 Å². The Labute approximate surface area is 155 Å². The average molecular weight is 379 g/mol. The van der Waals surface area contributed by atoms with E-state index in [1.165, 1.54) is 0 Å². The number of hydrogen-bond donors (Lipinski definition) is 0. The highest BCUT2D eigenvalue weighted by molar-refractivity contribution is 8.14. The molecular formula is C20H39ClO2S. The molecule has 24 heavy (non-hydrogen) atoms. The minimum absolute atomic E-state index is 0.00132. The molecule has 0 aliphatic heterocycles. The second-order valence-corrected chi connectivity index (χ2v) is 14.3. The Morgan fingerprint density at radius 2 is 0.792 bits per heavy atom. The third-order valence-corrected chi connectivity index (χ3v) is 13.3. The second-order valence-electron chi connectivity index (χ2n) is 11.2. The fourth-order valence-electron chi connectivity index (χ4n) is 6.12. The second kappa shape index (κ2) is 4.94. The molecule has 0 aromatic heterocycles. The van der Waals surface area contributed by atoms with Gasteiger partial charge in [-0.2, -0.15) is 0 Å². The van der Waals surface area contributed by atoms with Crippen LogP contribution in [0.15, 0.2) is 0 Å². The van der Waals surface area contributed by atoms with Gasteiger partial charge in [-0.05, 0) is 46.3 Å². The molecular weight excluding hydrogens is 340 g/mol. The summed E-state index contributed by atoms with van der Waals surface area (Å²) in [5, 5.41) is 0. The molecule has 1 aliphatic rings. The van der Waals surface area contributed by atoms with E-state index in [0.717, 1.165) is 0 Å². The van der Waals surface area contributed by atoms with Crippen molar-refractivity contribution >= 4 is 19.7 Å². The molecule has 2 nitrogen and oxygen atoms in total. The van der Waals surface area contributed by atoms with Crippen LogP contribution >= 0.6 is 10.7 Å². The fraction of sp³-hybridized carbons (Fsp3) is 1.00. The number of hydrogen-bond acceptors (Lipinski definition) is 2. The maximum atomic E-state index is 12.7. The van der Waals surface area contributed by atoms with Gasteiger partial charge >= 0.3 is 0 Å². The van der Waals surface area contributed by atoms with Gasteiger partial charge in [0.15, 0.2) is 0 Å². The summed E-state index contributed by atoms with van der Waals surface area (Å²) in [6, 6.07) is 0. The Morgan fingerprint density at radius 1 is 0.583 bits per heavy atom. The highest BCUT2D eigenvalue weighted by atomic mass is 35.7. The lowest BCUT2D eigenvalue weighted by atomic mass is 9.26. The Bertz CT molecular complexity index is 605. The smallest absolute Gasteiger partial charge is 0.212 e. The summed E-state index contributed by atoms with van der Waals surface area (Å²) >= 11 is 0. The van der Waals surface area contributed by atoms with Crippen LogP contribution in [0.25, 0.3) is 0 Å². The SMILES string of the molecule is CC1(C)C(C)(C)C(C)(C)C(C)(C(C)(C)S(=O)(=O)Cl)C(C)(C)C1(C)C. The van der Waals surface area contributed by atoms with E-state index in [9.17, 15) is 8.42 Å². The lowest BCUT2D eigenvalue weighted by Crippen LogP contribution is -2.76. The van der Waals surface area contributed by atoms with Crippen molar-refractivity contribution in [1.82, 2.24) is 0 Å². The van der Waals surface area contributed by atoms with Crippen molar-refractivity contribution in [3.8, 4) is 0 Å². The van der Waals surface area contributed by atoms with E-state index < -0.39 is 19.2 Å². The first kappa shape index (κ1) is 22.3. The van der Waals surface area contributed by atoms with Gasteiger partial charge in [0.2, 0.25) is 9.05 Å². The van der Waals surface area contributed by atoms with Crippen molar-refractivity contribution in [2.75, 3.05) is 0 Å². The van der Waals surface area contributed by atoms with Gasteiger partial charge in [0.1, 0.15) is 0 Å². The van der Waals surface area contributed by atoms with E-state index in [0.29, 0.717) is 0 Å². The molecule has 0 heterocycles. The van der Waals surface area contributed by atoms with Gasteiger partial charge < -0.3 is 0 Å². The van der Waals surface area contributed by atoms with Crippen molar-refractivity contribution in [1.29, 1.82) is 0 Å². The summed E-state index contributed by atoms with van der Waals surface area (Å²) in [4.78, 5) is 0. The summed E-state index contributed by atoms with van der Waals surface area (Å²) < 4.78 is 24.3. The third-order valence-electron chi connectivity index (χ3n) is 10.6. The Balaban J connectivity index is 4.11. The molecule has 0 radical (unpaired) electrons. The number of halogens is 1. The highest BCUT2D eigenvalue weighted by Gasteiger charge is 2.78. The molecule has 1 fully saturated rings. The molecule has 0 aromatic rings. The zero-order chi connectivity index (χ0) is 20.0. The molecule has 0 atom stereocenters. The third kappa shape index (κ3) is 1.92. The average Bonchev–Trinajstić information content (AvgIpc) is 2.33. The lowest BCUT2D eigenvalue weighted by Gasteiger charge is -2.79. The van der Waals surface area contributed by atoms with E-state index in [-0.39, 0.29) is 27.1 Å². The topological polar surface area (TPSA) is 34.1 Å². The van der Waals surface area contributed by atoms with Crippen LogP contribution in [0.1, 0.15) is 90.0 Å². The molecule has 1 rings (SSSR count). The first-order valence-corrected chi connectivity index (χ1v) is 11.3. The normalized spacial score (nSPS) is 29.9. The van der Waals surface area contributed by atoms with Gasteiger partial charge in [-0.25, -0.2) is 8.42 Å². The van der Waals surface area contributed by atoms with Crippen molar-refractivity contribution in [3.05, 3.63) is 0 Å². The van der Waals surface area contributed by atoms with Gasteiger partial charge in [-0.1, -0.05) is 76.2 Å². The number of rotatable bonds is 2. The largest absolute Gasteiger partial charge is 0.238 e. The lowest BCUT2D eigenvalue weighted by molar-refractivity contribution is -0.297. The summed E-state index contributed by atoms with van der Waals surface area (Å²) in [6.45, 7) is 28.5. The standard InChI is InChI=1S/C20H39ClO2S/c1-14(2)15(3,4)17(7,8)20(13,18(9,10)16(14,5)6)19(11,12)24(21,22)23/h1-13H3. The van der Waals surface area contributed by atoms with Crippen LogP contribution in [0.4, 0.5) is 0 Å². The fourth-order valence-corrected chi connectivity index (χ4v) is 7.58. The Morgan fingerprint density at radius 3 is 1.00 bits per heavy atom. The molecule has 144 valence electrons. The molecule has 0 aromatic carbocycles.